The zero-order chi connectivity index (χ0) is 22.5. The topological polar surface area (TPSA) is 126 Å². The first-order valence-corrected chi connectivity index (χ1v) is 8.86. The highest BCUT2D eigenvalue weighted by molar-refractivity contribution is 5.90. The van der Waals surface area contributed by atoms with Crippen molar-refractivity contribution in [1.82, 2.24) is 9.78 Å². The molecule has 0 radical (unpaired) electrons. The minimum absolute atomic E-state index is 0.0131. The van der Waals surface area contributed by atoms with Gasteiger partial charge in [0.05, 0.1) is 24.8 Å². The lowest BCUT2D eigenvalue weighted by Crippen LogP contribution is -2.29. The summed E-state index contributed by atoms with van der Waals surface area (Å²) in [4.78, 5) is 34.4. The minimum Gasteiger partial charge on any atom is -0.497 e. The van der Waals surface area contributed by atoms with Gasteiger partial charge in [-0.15, -0.1) is 0 Å². The van der Waals surface area contributed by atoms with Gasteiger partial charge in [-0.2, -0.15) is 9.49 Å². The van der Waals surface area contributed by atoms with Crippen molar-refractivity contribution < 1.29 is 23.6 Å². The Hall–Kier alpha value is -4.28. The minimum atomic E-state index is -1.03. The first-order valence-electron chi connectivity index (χ1n) is 8.86. The normalized spacial score (nSPS) is 10.4. The van der Waals surface area contributed by atoms with Crippen molar-refractivity contribution in [2.75, 3.05) is 19.5 Å². The number of nitro benzene ring substituents is 1. The average molecular weight is 428 g/mol. The van der Waals surface area contributed by atoms with Gasteiger partial charge in [0, 0.05) is 29.4 Å². The summed E-state index contributed by atoms with van der Waals surface area (Å²) in [7, 11) is 2.99. The number of anilines is 1. The van der Waals surface area contributed by atoms with Crippen LogP contribution in [0.2, 0.25) is 0 Å². The summed E-state index contributed by atoms with van der Waals surface area (Å²) in [6.07, 6.45) is 0. The lowest BCUT2D eigenvalue weighted by molar-refractivity contribution is -0.387. The summed E-state index contributed by atoms with van der Waals surface area (Å²) in [6, 6.07) is 10.7. The Morgan fingerprint density at radius 1 is 1.16 bits per heavy atom. The molecule has 11 heteroatoms. The van der Waals surface area contributed by atoms with Gasteiger partial charge in [-0.05, 0) is 30.3 Å². The van der Waals surface area contributed by atoms with Crippen molar-refractivity contribution in [2.24, 2.45) is 0 Å². The molecule has 0 saturated carbocycles. The number of carbonyl (C=O) groups is 1. The molecule has 0 spiro atoms. The standard InChI is InChI=1S/C20H17FN4O6/c1-30-13-4-5-14(18(10-13)31-2)16-7-8-20(27)24(23-16)11-19(26)22-12-3-6-15(21)17(9-12)25(28)29/h3-10H,11H2,1-2H3,(H,22,26). The van der Waals surface area contributed by atoms with Crippen LogP contribution < -0.4 is 20.3 Å². The highest BCUT2D eigenvalue weighted by atomic mass is 19.1. The van der Waals surface area contributed by atoms with Crippen molar-refractivity contribution in [1.29, 1.82) is 0 Å². The van der Waals surface area contributed by atoms with Gasteiger partial charge in [0.1, 0.15) is 18.0 Å². The van der Waals surface area contributed by atoms with E-state index in [1.165, 1.54) is 32.4 Å². The smallest absolute Gasteiger partial charge is 0.306 e. The number of carbonyl (C=O) groups excluding carboxylic acids is 1. The number of halogens is 1. The predicted octanol–water partition coefficient (Wildman–Crippen LogP) is 2.61. The van der Waals surface area contributed by atoms with E-state index in [-0.39, 0.29) is 5.69 Å². The van der Waals surface area contributed by atoms with Crippen LogP contribution in [0.3, 0.4) is 0 Å². The second-order valence-electron chi connectivity index (χ2n) is 6.25. The van der Waals surface area contributed by atoms with Crippen LogP contribution in [0.4, 0.5) is 15.8 Å². The van der Waals surface area contributed by atoms with Crippen molar-refractivity contribution >= 4 is 17.3 Å². The molecule has 31 heavy (non-hydrogen) atoms. The van der Waals surface area contributed by atoms with Crippen LogP contribution in [-0.2, 0) is 11.3 Å². The van der Waals surface area contributed by atoms with Gasteiger partial charge in [-0.25, -0.2) is 4.68 Å². The summed E-state index contributed by atoms with van der Waals surface area (Å²) in [5.41, 5.74) is -0.340. The maximum atomic E-state index is 13.4. The third-order valence-electron chi connectivity index (χ3n) is 4.27. The molecule has 1 amide bonds. The first-order chi connectivity index (χ1) is 14.8. The Labute approximate surface area is 175 Å². The Bertz CT molecular complexity index is 1210. The molecule has 10 nitrogen and oxygen atoms in total. The van der Waals surface area contributed by atoms with Gasteiger partial charge in [0.2, 0.25) is 11.7 Å². The largest absolute Gasteiger partial charge is 0.497 e. The molecular formula is C20H17FN4O6. The summed E-state index contributed by atoms with van der Waals surface area (Å²) in [5.74, 6) is -0.668. The highest BCUT2D eigenvalue weighted by Gasteiger charge is 2.16. The van der Waals surface area contributed by atoms with Gasteiger partial charge in [-0.3, -0.25) is 19.7 Å². The van der Waals surface area contributed by atoms with E-state index >= 15 is 0 Å². The second kappa shape index (κ2) is 9.03. The molecule has 0 aliphatic carbocycles. The molecule has 1 N–H and O–H groups in total. The zero-order valence-electron chi connectivity index (χ0n) is 16.5. The lowest BCUT2D eigenvalue weighted by atomic mass is 10.1. The van der Waals surface area contributed by atoms with E-state index < -0.39 is 34.4 Å². The van der Waals surface area contributed by atoms with Gasteiger partial charge in [0.15, 0.2) is 0 Å². The maximum absolute atomic E-state index is 13.4. The number of hydrogen-bond acceptors (Lipinski definition) is 7. The van der Waals surface area contributed by atoms with Crippen LogP contribution in [-0.4, -0.2) is 34.8 Å². The molecule has 0 aliphatic heterocycles. The van der Waals surface area contributed by atoms with Crippen LogP contribution >= 0.6 is 0 Å². The molecular weight excluding hydrogens is 411 g/mol. The Balaban J connectivity index is 1.85. The number of hydrogen-bond donors (Lipinski definition) is 1. The monoisotopic (exact) mass is 428 g/mol. The van der Waals surface area contributed by atoms with Gasteiger partial charge in [-0.1, -0.05) is 0 Å². The molecule has 3 rings (SSSR count). The molecule has 0 bridgehead atoms. The number of ether oxygens (including phenoxy) is 2. The van der Waals surface area contributed by atoms with Crippen LogP contribution in [0, 0.1) is 15.9 Å². The SMILES string of the molecule is COc1ccc(-c2ccc(=O)n(CC(=O)Nc3ccc(F)c([N+](=O)[O-])c3)n2)c(OC)c1. The predicted molar refractivity (Wildman–Crippen MR) is 109 cm³/mol. The Kier molecular flexibility index (Phi) is 6.24. The van der Waals surface area contributed by atoms with Crippen LogP contribution in [0.25, 0.3) is 11.3 Å². The summed E-state index contributed by atoms with van der Waals surface area (Å²) in [5, 5.41) is 17.4. The van der Waals surface area contributed by atoms with E-state index in [4.69, 9.17) is 9.47 Å². The summed E-state index contributed by atoms with van der Waals surface area (Å²) >= 11 is 0. The van der Waals surface area contributed by atoms with Gasteiger partial charge in [0.25, 0.3) is 5.56 Å². The number of nitrogens with one attached hydrogen (secondary N) is 1. The second-order valence-corrected chi connectivity index (χ2v) is 6.25. The van der Waals surface area contributed by atoms with Crippen molar-refractivity contribution in [2.45, 2.75) is 6.54 Å². The quantitative estimate of drug-likeness (QED) is 0.453. The molecule has 0 aliphatic rings. The molecule has 0 unspecified atom stereocenters. The molecule has 1 aromatic heterocycles. The van der Waals surface area contributed by atoms with Crippen molar-refractivity contribution in [3.8, 4) is 22.8 Å². The van der Waals surface area contributed by atoms with Crippen LogP contribution in [0.15, 0.2) is 53.3 Å². The zero-order valence-corrected chi connectivity index (χ0v) is 16.5. The number of rotatable bonds is 7. The van der Waals surface area contributed by atoms with Crippen LogP contribution in [0.5, 0.6) is 11.5 Å². The molecule has 2 aromatic carbocycles. The number of nitro groups is 1. The third kappa shape index (κ3) is 4.83. The fraction of sp³-hybridized carbons (Fsp3) is 0.150. The Morgan fingerprint density at radius 2 is 1.94 bits per heavy atom. The number of aromatic nitrogens is 2. The van der Waals surface area contributed by atoms with Gasteiger partial charge >= 0.3 is 5.69 Å². The van der Waals surface area contributed by atoms with Gasteiger partial charge < -0.3 is 14.8 Å². The molecule has 0 saturated heterocycles. The van der Waals surface area contributed by atoms with E-state index in [0.29, 0.717) is 22.8 Å². The van der Waals surface area contributed by atoms with E-state index in [0.717, 1.165) is 16.8 Å². The fourth-order valence-electron chi connectivity index (χ4n) is 2.78. The fourth-order valence-corrected chi connectivity index (χ4v) is 2.78. The average Bonchev–Trinajstić information content (AvgIpc) is 2.76. The van der Waals surface area contributed by atoms with E-state index in [1.807, 2.05) is 0 Å². The number of methoxy groups -OCH3 is 2. The lowest BCUT2D eigenvalue weighted by Gasteiger charge is -2.12. The highest BCUT2D eigenvalue weighted by Crippen LogP contribution is 2.31. The number of amides is 1. The van der Waals surface area contributed by atoms with E-state index in [1.54, 1.807) is 18.2 Å². The summed E-state index contributed by atoms with van der Waals surface area (Å²) in [6.45, 7) is -0.462. The molecule has 3 aromatic rings. The molecule has 160 valence electrons. The summed E-state index contributed by atoms with van der Waals surface area (Å²) < 4.78 is 24.9. The maximum Gasteiger partial charge on any atom is 0.306 e. The molecule has 0 atom stereocenters. The Morgan fingerprint density at radius 3 is 2.61 bits per heavy atom. The van der Waals surface area contributed by atoms with Crippen molar-refractivity contribution in [3.63, 3.8) is 0 Å². The third-order valence-corrected chi connectivity index (χ3v) is 4.27. The molecule has 0 fully saturated rings. The van der Waals surface area contributed by atoms with E-state index in [2.05, 4.69) is 10.4 Å². The first kappa shape index (κ1) is 21.4. The number of nitrogens with zero attached hydrogens (tertiary/aromatic N) is 3. The van der Waals surface area contributed by atoms with Crippen molar-refractivity contribution in [3.05, 3.63) is 74.8 Å². The van der Waals surface area contributed by atoms with E-state index in [9.17, 15) is 24.1 Å². The van der Waals surface area contributed by atoms with Crippen LogP contribution in [0.1, 0.15) is 0 Å². The number of benzene rings is 2. The molecule has 1 heterocycles.